The number of unbranched alkanes of at least 4 members (excludes halogenated alkanes) is 1. The van der Waals surface area contributed by atoms with Crippen molar-refractivity contribution in [3.63, 3.8) is 0 Å². The Balaban J connectivity index is 1.40. The third-order valence-electron chi connectivity index (χ3n) is 6.99. The standard InChI is InChI=1S/C33H43N7O7/c34-38-29-16-15-28(23-37-29)30(41)35-17-9-22-40(33(45)47-25-27-13-5-2-6-14-27)20-8-7-19-39(32(43)44)21-10-18-36-31(42)46-24-26-11-3-1-4-12-26/h1-6,11-16,23H,7-10,17-22,24-25,34H2,(H,35,41)(H,36,42)(H,37,38)(H,43,44). The fraction of sp³-hybridized carbons (Fsp3) is 0.364. The Kier molecular flexibility index (Phi) is 15.8. The van der Waals surface area contributed by atoms with Gasteiger partial charge in [0.15, 0.2) is 0 Å². The number of pyridine rings is 1. The number of carbonyl (C=O) groups is 4. The molecule has 4 amide bonds. The number of nitrogen functional groups attached to an aromatic ring is 1. The zero-order valence-corrected chi connectivity index (χ0v) is 26.3. The highest BCUT2D eigenvalue weighted by Crippen LogP contribution is 2.08. The second-order valence-electron chi connectivity index (χ2n) is 10.5. The Morgan fingerprint density at radius 3 is 1.83 bits per heavy atom. The van der Waals surface area contributed by atoms with Crippen LogP contribution in [0.5, 0.6) is 0 Å². The molecule has 2 aromatic carbocycles. The molecule has 47 heavy (non-hydrogen) atoms. The maximum Gasteiger partial charge on any atom is 0.410 e. The number of hydrogen-bond acceptors (Lipinski definition) is 9. The summed E-state index contributed by atoms with van der Waals surface area (Å²) in [5.41, 5.74) is 4.51. The molecule has 1 heterocycles. The molecule has 1 aromatic heterocycles. The van der Waals surface area contributed by atoms with Crippen molar-refractivity contribution in [2.75, 3.05) is 44.7 Å². The SMILES string of the molecule is NNc1ccc(C(=O)NCCCN(CCCCN(CCCNC(=O)OCc2ccccc2)C(=O)O)C(=O)OCc2ccccc2)cn1. The lowest BCUT2D eigenvalue weighted by Gasteiger charge is -2.23. The van der Waals surface area contributed by atoms with Gasteiger partial charge in [-0.25, -0.2) is 25.2 Å². The first-order chi connectivity index (χ1) is 22.9. The summed E-state index contributed by atoms with van der Waals surface area (Å²) in [6.45, 7) is 2.03. The van der Waals surface area contributed by atoms with Crippen molar-refractivity contribution in [1.29, 1.82) is 0 Å². The lowest BCUT2D eigenvalue weighted by Crippen LogP contribution is -2.37. The number of nitrogens with one attached hydrogen (secondary N) is 3. The number of amides is 4. The van der Waals surface area contributed by atoms with Crippen LogP contribution in [0.3, 0.4) is 0 Å². The third kappa shape index (κ3) is 14.1. The largest absolute Gasteiger partial charge is 0.465 e. The van der Waals surface area contributed by atoms with E-state index in [4.69, 9.17) is 15.3 Å². The van der Waals surface area contributed by atoms with Gasteiger partial charge in [-0.2, -0.15) is 0 Å². The van der Waals surface area contributed by atoms with E-state index in [1.807, 2.05) is 60.7 Å². The number of nitrogens with zero attached hydrogens (tertiary/aromatic N) is 3. The van der Waals surface area contributed by atoms with E-state index in [0.29, 0.717) is 56.7 Å². The minimum atomic E-state index is -1.06. The van der Waals surface area contributed by atoms with E-state index in [1.165, 1.54) is 11.1 Å². The van der Waals surface area contributed by atoms with Gasteiger partial charge in [0.2, 0.25) is 0 Å². The number of alkyl carbamates (subject to hydrolysis) is 1. The van der Waals surface area contributed by atoms with Crippen LogP contribution in [0, 0.1) is 0 Å². The topological polar surface area (TPSA) is 188 Å². The first kappa shape index (κ1) is 36.1. The molecule has 3 aromatic rings. The van der Waals surface area contributed by atoms with Gasteiger partial charge in [-0.15, -0.1) is 0 Å². The van der Waals surface area contributed by atoms with E-state index >= 15 is 0 Å². The molecule has 6 N–H and O–H groups in total. The summed E-state index contributed by atoms with van der Waals surface area (Å²) < 4.78 is 10.7. The Morgan fingerprint density at radius 2 is 1.26 bits per heavy atom. The number of hydrazine groups is 1. The molecule has 0 aliphatic carbocycles. The van der Waals surface area contributed by atoms with Gasteiger partial charge in [0.1, 0.15) is 19.0 Å². The smallest absolute Gasteiger partial charge is 0.410 e. The second-order valence-corrected chi connectivity index (χ2v) is 10.5. The second kappa shape index (κ2) is 20.6. The molecule has 0 aliphatic heterocycles. The van der Waals surface area contributed by atoms with Crippen molar-refractivity contribution < 1.29 is 33.8 Å². The molecule has 0 atom stereocenters. The molecule has 0 aliphatic rings. The van der Waals surface area contributed by atoms with Crippen LogP contribution in [0.1, 0.15) is 47.2 Å². The molecule has 0 radical (unpaired) electrons. The van der Waals surface area contributed by atoms with Gasteiger partial charge < -0.3 is 40.4 Å². The van der Waals surface area contributed by atoms with Crippen LogP contribution in [0.25, 0.3) is 0 Å². The van der Waals surface area contributed by atoms with E-state index < -0.39 is 18.3 Å². The highest BCUT2D eigenvalue weighted by Gasteiger charge is 2.17. The highest BCUT2D eigenvalue weighted by atomic mass is 16.6. The van der Waals surface area contributed by atoms with Gasteiger partial charge in [-0.1, -0.05) is 60.7 Å². The van der Waals surface area contributed by atoms with Crippen molar-refractivity contribution in [3.05, 3.63) is 95.7 Å². The van der Waals surface area contributed by atoms with Crippen LogP contribution in [0.15, 0.2) is 79.0 Å². The molecule has 252 valence electrons. The van der Waals surface area contributed by atoms with Crippen LogP contribution in [-0.2, 0) is 22.7 Å². The average Bonchev–Trinajstić information content (AvgIpc) is 3.10. The maximum absolute atomic E-state index is 13.0. The van der Waals surface area contributed by atoms with Crippen molar-refractivity contribution in [2.24, 2.45) is 5.84 Å². The fourth-order valence-corrected chi connectivity index (χ4v) is 4.44. The van der Waals surface area contributed by atoms with Crippen LogP contribution in [0.2, 0.25) is 0 Å². The quantitative estimate of drug-likeness (QED) is 0.0715. The normalized spacial score (nSPS) is 10.4. The molecule has 0 bridgehead atoms. The van der Waals surface area contributed by atoms with Crippen LogP contribution in [-0.4, -0.2) is 83.3 Å². The van der Waals surface area contributed by atoms with Crippen molar-refractivity contribution in [3.8, 4) is 0 Å². The summed E-state index contributed by atoms with van der Waals surface area (Å²) in [5.74, 6) is 5.45. The first-order valence-electron chi connectivity index (χ1n) is 15.4. The molecule has 0 unspecified atom stereocenters. The monoisotopic (exact) mass is 649 g/mol. The molecule has 3 rings (SSSR count). The zero-order chi connectivity index (χ0) is 33.7. The van der Waals surface area contributed by atoms with Gasteiger partial charge >= 0.3 is 18.3 Å². The van der Waals surface area contributed by atoms with Gasteiger partial charge in [0.25, 0.3) is 5.91 Å². The van der Waals surface area contributed by atoms with Gasteiger partial charge in [-0.05, 0) is 48.9 Å². The molecular formula is C33H43N7O7. The number of rotatable bonds is 19. The van der Waals surface area contributed by atoms with Crippen molar-refractivity contribution in [1.82, 2.24) is 25.4 Å². The van der Waals surface area contributed by atoms with Gasteiger partial charge in [0, 0.05) is 45.5 Å². The van der Waals surface area contributed by atoms with Crippen molar-refractivity contribution in [2.45, 2.75) is 38.9 Å². The molecule has 0 fully saturated rings. The average molecular weight is 650 g/mol. The number of carbonyl (C=O) groups excluding carboxylic acids is 3. The summed E-state index contributed by atoms with van der Waals surface area (Å²) in [7, 11) is 0. The van der Waals surface area contributed by atoms with E-state index in [0.717, 1.165) is 11.1 Å². The Bertz CT molecular complexity index is 1380. The lowest BCUT2D eigenvalue weighted by atomic mass is 10.2. The van der Waals surface area contributed by atoms with Gasteiger partial charge in [0.05, 0.1) is 5.56 Å². The minimum absolute atomic E-state index is 0.119. The summed E-state index contributed by atoms with van der Waals surface area (Å²) in [6.07, 6.45) is 1.24. The summed E-state index contributed by atoms with van der Waals surface area (Å²) in [5, 5.41) is 15.1. The number of nitrogens with two attached hydrogens (primary N) is 1. The Labute approximate surface area is 274 Å². The molecule has 14 heteroatoms. The van der Waals surface area contributed by atoms with E-state index in [-0.39, 0.29) is 38.8 Å². The lowest BCUT2D eigenvalue weighted by molar-refractivity contribution is 0.0924. The summed E-state index contributed by atoms with van der Waals surface area (Å²) in [4.78, 5) is 56.0. The highest BCUT2D eigenvalue weighted by molar-refractivity contribution is 5.94. The maximum atomic E-state index is 13.0. The number of ether oxygens (including phenoxy) is 2. The number of anilines is 1. The van der Waals surface area contributed by atoms with E-state index in [2.05, 4.69) is 21.0 Å². The molecule has 0 spiro atoms. The summed E-state index contributed by atoms with van der Waals surface area (Å²) >= 11 is 0. The first-order valence-corrected chi connectivity index (χ1v) is 15.4. The van der Waals surface area contributed by atoms with Gasteiger partial charge in [-0.3, -0.25) is 4.79 Å². The number of benzene rings is 2. The zero-order valence-electron chi connectivity index (χ0n) is 26.3. The predicted octanol–water partition coefficient (Wildman–Crippen LogP) is 4.20. The van der Waals surface area contributed by atoms with Crippen molar-refractivity contribution >= 4 is 30.0 Å². The van der Waals surface area contributed by atoms with E-state index in [9.17, 15) is 24.3 Å². The van der Waals surface area contributed by atoms with Crippen LogP contribution < -0.4 is 21.9 Å². The molecular weight excluding hydrogens is 606 g/mol. The minimum Gasteiger partial charge on any atom is -0.465 e. The Morgan fingerprint density at radius 1 is 0.702 bits per heavy atom. The summed E-state index contributed by atoms with van der Waals surface area (Å²) in [6, 6.07) is 21.8. The van der Waals surface area contributed by atoms with Crippen LogP contribution in [0.4, 0.5) is 20.2 Å². The van der Waals surface area contributed by atoms with E-state index in [1.54, 1.807) is 17.0 Å². The molecule has 0 saturated carbocycles. The fourth-order valence-electron chi connectivity index (χ4n) is 4.44. The molecule has 14 nitrogen and oxygen atoms in total. The Hall–Kier alpha value is -5.37. The third-order valence-corrected chi connectivity index (χ3v) is 6.99. The van der Waals surface area contributed by atoms with Crippen LogP contribution >= 0.6 is 0 Å². The molecule has 0 saturated heterocycles. The predicted molar refractivity (Wildman–Crippen MR) is 175 cm³/mol. The number of aromatic nitrogens is 1. The number of carboxylic acid groups (broad SMARTS) is 1. The number of hydrogen-bond donors (Lipinski definition) is 5.